The van der Waals surface area contributed by atoms with Crippen molar-refractivity contribution in [2.24, 2.45) is 5.73 Å². The molecule has 0 radical (unpaired) electrons. The van der Waals surface area contributed by atoms with Gasteiger partial charge in [-0.05, 0) is 6.42 Å². The Kier molecular flexibility index (Phi) is 2.30. The van der Waals surface area contributed by atoms with Gasteiger partial charge in [-0.2, -0.15) is 0 Å². The quantitative estimate of drug-likeness (QED) is 0.310. The number of nitrogens with two attached hydrogens (primary N) is 1. The zero-order valence-corrected chi connectivity index (χ0v) is 7.58. The number of hydrogen-bond donors (Lipinski definition) is 5. The molecule has 0 aromatic carbocycles. The summed E-state index contributed by atoms with van der Waals surface area (Å²) in [5.74, 6) is 0. The van der Waals surface area contributed by atoms with Gasteiger partial charge in [0.2, 0.25) is 0 Å². The Hall–Kier alpha value is -0.240. The van der Waals surface area contributed by atoms with Gasteiger partial charge in [-0.1, -0.05) is 0 Å². The third kappa shape index (κ3) is 1.19. The second-order valence-corrected chi connectivity index (χ2v) is 4.03. The van der Waals surface area contributed by atoms with E-state index in [2.05, 4.69) is 0 Å². The molecule has 14 heavy (non-hydrogen) atoms. The van der Waals surface area contributed by atoms with E-state index in [1.807, 2.05) is 0 Å². The monoisotopic (exact) mass is 205 g/mol. The van der Waals surface area contributed by atoms with Gasteiger partial charge in [0.1, 0.15) is 30.0 Å². The lowest BCUT2D eigenvalue weighted by Crippen LogP contribution is -2.61. The van der Waals surface area contributed by atoms with E-state index in [1.54, 1.807) is 0 Å². The molecule has 0 bridgehead atoms. The lowest BCUT2D eigenvalue weighted by Gasteiger charge is -2.41. The maximum Gasteiger partial charge on any atom is 0.114 e. The van der Waals surface area contributed by atoms with E-state index in [0.29, 0.717) is 6.42 Å². The summed E-state index contributed by atoms with van der Waals surface area (Å²) in [5, 5.41) is 37.4. The van der Waals surface area contributed by atoms with Crippen molar-refractivity contribution in [1.82, 2.24) is 0 Å². The lowest BCUT2D eigenvalue weighted by molar-refractivity contribution is -0.241. The number of ether oxygens (including phenoxy) is 1. The molecule has 2 aliphatic rings. The van der Waals surface area contributed by atoms with Gasteiger partial charge in [0.15, 0.2) is 0 Å². The third-order valence-electron chi connectivity index (χ3n) is 3.11. The van der Waals surface area contributed by atoms with E-state index < -0.39 is 36.6 Å². The first kappa shape index (κ1) is 10.3. The second kappa shape index (κ2) is 3.13. The van der Waals surface area contributed by atoms with Gasteiger partial charge in [0.25, 0.3) is 0 Å². The fourth-order valence-corrected chi connectivity index (χ4v) is 2.02. The van der Waals surface area contributed by atoms with Crippen molar-refractivity contribution < 1.29 is 25.2 Å². The minimum absolute atomic E-state index is 0.339. The molecule has 6 atom stereocenters. The van der Waals surface area contributed by atoms with Crippen LogP contribution in [0, 0.1) is 0 Å². The van der Waals surface area contributed by atoms with Crippen LogP contribution in [0.2, 0.25) is 0 Å². The molecule has 82 valence electrons. The van der Waals surface area contributed by atoms with Crippen LogP contribution in [0.5, 0.6) is 0 Å². The predicted octanol–water partition coefficient (Wildman–Crippen LogP) is -3.07. The van der Waals surface area contributed by atoms with E-state index in [9.17, 15) is 15.3 Å². The van der Waals surface area contributed by atoms with Crippen LogP contribution in [-0.2, 0) is 4.74 Å². The molecule has 6 N–H and O–H groups in total. The van der Waals surface area contributed by atoms with Crippen LogP contribution in [0.4, 0.5) is 0 Å². The van der Waals surface area contributed by atoms with E-state index in [4.69, 9.17) is 15.6 Å². The third-order valence-corrected chi connectivity index (χ3v) is 3.11. The number of aliphatic hydroxyl groups excluding tert-OH is 4. The molecule has 0 unspecified atom stereocenters. The van der Waals surface area contributed by atoms with Crippen molar-refractivity contribution in [1.29, 1.82) is 0 Å². The Bertz CT molecular complexity index is 236. The summed E-state index contributed by atoms with van der Waals surface area (Å²) in [5.41, 5.74) is 4.62. The van der Waals surface area contributed by atoms with Crippen LogP contribution in [-0.4, -0.2) is 63.1 Å². The Labute approximate surface area is 80.9 Å². The SMILES string of the molecule is N[C@H]1C[C@]12O[C@H](CO)[C@@H](O)[C@H](O)[C@@H]2O. The van der Waals surface area contributed by atoms with Crippen molar-refractivity contribution in [3.8, 4) is 0 Å². The first-order chi connectivity index (χ1) is 6.53. The zero-order valence-electron chi connectivity index (χ0n) is 7.58. The van der Waals surface area contributed by atoms with E-state index in [1.165, 1.54) is 0 Å². The first-order valence-corrected chi connectivity index (χ1v) is 4.61. The summed E-state index contributed by atoms with van der Waals surface area (Å²) in [7, 11) is 0. The van der Waals surface area contributed by atoms with Crippen LogP contribution >= 0.6 is 0 Å². The summed E-state index contributed by atoms with van der Waals surface area (Å²) in [6.45, 7) is -0.403. The highest BCUT2D eigenvalue weighted by atomic mass is 16.6. The van der Waals surface area contributed by atoms with Crippen molar-refractivity contribution >= 4 is 0 Å². The van der Waals surface area contributed by atoms with Gasteiger partial charge in [0.05, 0.1) is 6.61 Å². The molecule has 0 aromatic rings. The number of rotatable bonds is 1. The standard InChI is InChI=1S/C8H15NO5/c9-4-1-8(4)7(13)6(12)5(11)3(2-10)14-8/h3-7,10-13H,1-2,9H2/t3-,4+,5-,6+,7+,8+/m1/s1. The fraction of sp³-hybridized carbons (Fsp3) is 1.00. The normalized spacial score (nSPS) is 57.6. The molecule has 2 fully saturated rings. The Morgan fingerprint density at radius 3 is 2.29 bits per heavy atom. The molecule has 0 aromatic heterocycles. The second-order valence-electron chi connectivity index (χ2n) is 4.03. The molecule has 6 heteroatoms. The Morgan fingerprint density at radius 2 is 1.86 bits per heavy atom. The maximum atomic E-state index is 9.63. The van der Waals surface area contributed by atoms with Crippen molar-refractivity contribution in [2.75, 3.05) is 6.61 Å². The summed E-state index contributed by atoms with van der Waals surface area (Å²) < 4.78 is 5.31. The zero-order chi connectivity index (χ0) is 10.5. The predicted molar refractivity (Wildman–Crippen MR) is 45.3 cm³/mol. The highest BCUT2D eigenvalue weighted by Gasteiger charge is 2.65. The molecular weight excluding hydrogens is 190 g/mol. The molecule has 1 spiro atoms. The van der Waals surface area contributed by atoms with Gasteiger partial charge in [-0.25, -0.2) is 0 Å². The van der Waals surface area contributed by atoms with E-state index in [0.717, 1.165) is 0 Å². The summed E-state index contributed by atoms with van der Waals surface area (Å²) in [4.78, 5) is 0. The highest BCUT2D eigenvalue weighted by molar-refractivity contribution is 5.19. The van der Waals surface area contributed by atoms with E-state index in [-0.39, 0.29) is 6.04 Å². The van der Waals surface area contributed by atoms with Crippen LogP contribution in [0.3, 0.4) is 0 Å². The summed E-state index contributed by atoms with van der Waals surface area (Å²) >= 11 is 0. The van der Waals surface area contributed by atoms with Gasteiger partial charge in [-0.15, -0.1) is 0 Å². The fourth-order valence-electron chi connectivity index (χ4n) is 2.02. The number of aliphatic hydroxyl groups is 4. The topological polar surface area (TPSA) is 116 Å². The molecule has 0 amide bonds. The molecule has 1 aliphatic heterocycles. The molecule has 6 nitrogen and oxygen atoms in total. The average Bonchev–Trinajstić information content (AvgIpc) is 2.81. The molecule has 1 aliphatic carbocycles. The number of hydrogen-bond acceptors (Lipinski definition) is 6. The smallest absolute Gasteiger partial charge is 0.114 e. The molecule has 1 saturated heterocycles. The van der Waals surface area contributed by atoms with Gasteiger partial charge < -0.3 is 30.9 Å². The average molecular weight is 205 g/mol. The molecule has 1 heterocycles. The van der Waals surface area contributed by atoms with Crippen molar-refractivity contribution in [3.05, 3.63) is 0 Å². The molecule has 2 rings (SSSR count). The maximum absolute atomic E-state index is 9.63. The first-order valence-electron chi connectivity index (χ1n) is 4.61. The van der Waals surface area contributed by atoms with E-state index >= 15 is 0 Å². The Balaban J connectivity index is 2.16. The molecular formula is C8H15NO5. The minimum Gasteiger partial charge on any atom is -0.394 e. The van der Waals surface area contributed by atoms with Gasteiger partial charge in [-0.3, -0.25) is 0 Å². The van der Waals surface area contributed by atoms with Gasteiger partial charge >= 0.3 is 0 Å². The van der Waals surface area contributed by atoms with Crippen LogP contribution in [0.25, 0.3) is 0 Å². The van der Waals surface area contributed by atoms with Crippen molar-refractivity contribution in [2.45, 2.75) is 42.5 Å². The van der Waals surface area contributed by atoms with Crippen molar-refractivity contribution in [3.63, 3.8) is 0 Å². The minimum atomic E-state index is -1.31. The van der Waals surface area contributed by atoms with Crippen LogP contribution in [0.1, 0.15) is 6.42 Å². The Morgan fingerprint density at radius 1 is 1.29 bits per heavy atom. The van der Waals surface area contributed by atoms with Gasteiger partial charge in [0, 0.05) is 6.04 Å². The lowest BCUT2D eigenvalue weighted by atomic mass is 9.93. The van der Waals surface area contributed by atoms with Crippen LogP contribution in [0.15, 0.2) is 0 Å². The largest absolute Gasteiger partial charge is 0.394 e. The summed E-state index contributed by atoms with van der Waals surface area (Å²) in [6.07, 6.45) is -4.20. The highest BCUT2D eigenvalue weighted by Crippen LogP contribution is 2.47. The summed E-state index contributed by atoms with van der Waals surface area (Å²) in [6, 6.07) is -0.339. The van der Waals surface area contributed by atoms with Crippen LogP contribution < -0.4 is 5.73 Å². The molecule has 1 saturated carbocycles.